The number of hydrogen-bond donors (Lipinski definition) is 3. The zero-order valence-electron chi connectivity index (χ0n) is 19.1. The molecule has 0 spiro atoms. The van der Waals surface area contributed by atoms with Gasteiger partial charge in [0.2, 0.25) is 0 Å². The lowest BCUT2D eigenvalue weighted by Crippen LogP contribution is -2.29. The highest BCUT2D eigenvalue weighted by molar-refractivity contribution is 6.31. The first-order chi connectivity index (χ1) is 16.0. The quantitative estimate of drug-likeness (QED) is 0.510. The predicted molar refractivity (Wildman–Crippen MR) is 129 cm³/mol. The van der Waals surface area contributed by atoms with E-state index < -0.39 is 6.10 Å². The number of likely N-dealkylation sites (N-methyl/N-ethyl adjacent to an activating group) is 1. The van der Waals surface area contributed by atoms with Gasteiger partial charge in [-0.3, -0.25) is 0 Å². The lowest BCUT2D eigenvalue weighted by Gasteiger charge is -2.20. The third-order valence-electron chi connectivity index (χ3n) is 5.70. The molecular formula is C24H31ClN4O4. The fourth-order valence-electron chi connectivity index (χ4n) is 3.94. The van der Waals surface area contributed by atoms with E-state index in [1.54, 1.807) is 13.1 Å². The van der Waals surface area contributed by atoms with Crippen molar-refractivity contribution in [2.24, 2.45) is 0 Å². The maximum absolute atomic E-state index is 9.97. The van der Waals surface area contributed by atoms with Gasteiger partial charge in [-0.25, -0.2) is 9.97 Å². The highest BCUT2D eigenvalue weighted by atomic mass is 35.5. The number of halogens is 1. The van der Waals surface area contributed by atoms with Crippen LogP contribution in [0.5, 0.6) is 5.75 Å². The summed E-state index contributed by atoms with van der Waals surface area (Å²) in [4.78, 5) is 9.79. The molecule has 3 N–H and O–H groups in total. The molecule has 3 heterocycles. The van der Waals surface area contributed by atoms with Gasteiger partial charge in [-0.15, -0.1) is 0 Å². The van der Waals surface area contributed by atoms with Crippen molar-refractivity contribution in [2.75, 3.05) is 51.9 Å². The molecule has 178 valence electrons. The summed E-state index contributed by atoms with van der Waals surface area (Å²) in [6, 6.07) is 5.62. The Morgan fingerprint density at radius 2 is 2.12 bits per heavy atom. The molecule has 1 fully saturated rings. The van der Waals surface area contributed by atoms with Crippen LogP contribution in [0.1, 0.15) is 24.1 Å². The van der Waals surface area contributed by atoms with Crippen molar-refractivity contribution in [2.45, 2.75) is 31.9 Å². The summed E-state index contributed by atoms with van der Waals surface area (Å²) in [5, 5.41) is 17.0. The topological polar surface area (TPSA) is 97.8 Å². The number of hydrogen-bond acceptors (Lipinski definition) is 8. The van der Waals surface area contributed by atoms with Crippen molar-refractivity contribution in [1.29, 1.82) is 0 Å². The highest BCUT2D eigenvalue weighted by Crippen LogP contribution is 2.32. The summed E-state index contributed by atoms with van der Waals surface area (Å²) in [5.74, 6) is 1.92. The minimum Gasteiger partial charge on any atom is -0.491 e. The van der Waals surface area contributed by atoms with Gasteiger partial charge < -0.3 is 30.0 Å². The SMILES string of the molecule is CNCC(O)COc1cc(Cl)cc(-c2nc(N[C@@H]3CCOC3)c(C)c(C3=CCOCC3)n2)c1. The molecule has 0 bridgehead atoms. The Kier molecular flexibility index (Phi) is 8.16. The van der Waals surface area contributed by atoms with Crippen LogP contribution < -0.4 is 15.4 Å². The largest absolute Gasteiger partial charge is 0.491 e. The molecule has 0 radical (unpaired) electrons. The molecule has 8 nitrogen and oxygen atoms in total. The Hall–Kier alpha value is -2.23. The molecule has 2 aromatic rings. The molecule has 0 aliphatic carbocycles. The van der Waals surface area contributed by atoms with Crippen LogP contribution in [0.4, 0.5) is 5.82 Å². The van der Waals surface area contributed by atoms with Crippen molar-refractivity contribution in [1.82, 2.24) is 15.3 Å². The third-order valence-corrected chi connectivity index (χ3v) is 5.91. The standard InChI is InChI=1S/C24H31ClN4O4/c1-15-22(16-3-6-31-7-4-16)28-24(29-23(15)27-19-5-8-32-13-19)17-9-18(25)11-21(10-17)33-14-20(30)12-26-2/h3,9-11,19-20,26,30H,4-8,12-14H2,1-2H3,(H,27,28,29)/t19-,20?/m1/s1. The summed E-state index contributed by atoms with van der Waals surface area (Å²) in [7, 11) is 1.78. The highest BCUT2D eigenvalue weighted by Gasteiger charge is 2.21. The number of benzene rings is 1. The zero-order chi connectivity index (χ0) is 23.2. The Morgan fingerprint density at radius 1 is 1.24 bits per heavy atom. The summed E-state index contributed by atoms with van der Waals surface area (Å²) < 4.78 is 16.8. The summed E-state index contributed by atoms with van der Waals surface area (Å²) in [5.41, 5.74) is 3.83. The van der Waals surface area contributed by atoms with Crippen LogP contribution in [0.2, 0.25) is 5.02 Å². The first kappa shape index (κ1) is 23.9. The molecule has 0 amide bonds. The average molecular weight is 475 g/mol. The monoisotopic (exact) mass is 474 g/mol. The van der Waals surface area contributed by atoms with Crippen LogP contribution in [0.3, 0.4) is 0 Å². The predicted octanol–water partition coefficient (Wildman–Crippen LogP) is 3.07. The van der Waals surface area contributed by atoms with Gasteiger partial charge >= 0.3 is 0 Å². The number of anilines is 1. The lowest BCUT2D eigenvalue weighted by molar-refractivity contribution is 0.108. The Bertz CT molecular complexity index is 995. The van der Waals surface area contributed by atoms with E-state index in [-0.39, 0.29) is 12.6 Å². The van der Waals surface area contributed by atoms with Gasteiger partial charge in [0, 0.05) is 29.3 Å². The fourth-order valence-corrected chi connectivity index (χ4v) is 4.17. The Labute approximate surface area is 199 Å². The second kappa shape index (κ2) is 11.3. The van der Waals surface area contributed by atoms with Gasteiger partial charge in [0.15, 0.2) is 5.82 Å². The maximum atomic E-state index is 9.97. The van der Waals surface area contributed by atoms with Gasteiger partial charge in [-0.2, -0.15) is 0 Å². The van der Waals surface area contributed by atoms with Crippen molar-refractivity contribution < 1.29 is 19.3 Å². The second-order valence-electron chi connectivity index (χ2n) is 8.33. The number of rotatable bonds is 9. The van der Waals surface area contributed by atoms with E-state index in [0.29, 0.717) is 43.0 Å². The molecule has 2 aliphatic rings. The normalized spacial score (nSPS) is 19.3. The van der Waals surface area contributed by atoms with E-state index in [1.807, 2.05) is 19.1 Å². The number of ether oxygens (including phenoxy) is 3. The van der Waals surface area contributed by atoms with E-state index >= 15 is 0 Å². The van der Waals surface area contributed by atoms with Crippen LogP contribution in [-0.4, -0.2) is 73.8 Å². The number of aromatic nitrogens is 2. The lowest BCUT2D eigenvalue weighted by atomic mass is 10.0. The van der Waals surface area contributed by atoms with Gasteiger partial charge in [0.05, 0.1) is 31.6 Å². The minimum absolute atomic E-state index is 0.155. The summed E-state index contributed by atoms with van der Waals surface area (Å²) in [6.07, 6.45) is 3.20. The van der Waals surface area contributed by atoms with Crippen LogP contribution in [0.15, 0.2) is 24.3 Å². The average Bonchev–Trinajstić information content (AvgIpc) is 3.33. The van der Waals surface area contributed by atoms with Crippen LogP contribution in [-0.2, 0) is 9.47 Å². The number of aliphatic hydroxyl groups excluding tert-OH is 1. The van der Waals surface area contributed by atoms with Gasteiger partial charge in [0.1, 0.15) is 24.3 Å². The molecule has 2 atom stereocenters. The molecule has 1 saturated heterocycles. The molecule has 1 aromatic carbocycles. The Morgan fingerprint density at radius 3 is 2.85 bits per heavy atom. The van der Waals surface area contributed by atoms with Crippen LogP contribution in [0, 0.1) is 6.92 Å². The molecule has 33 heavy (non-hydrogen) atoms. The molecule has 1 aromatic heterocycles. The Balaban J connectivity index is 1.69. The van der Waals surface area contributed by atoms with Crippen molar-refractivity contribution in [3.05, 3.63) is 40.6 Å². The molecule has 1 unspecified atom stereocenters. The molecule has 0 saturated carbocycles. The van der Waals surface area contributed by atoms with E-state index in [9.17, 15) is 5.11 Å². The fraction of sp³-hybridized carbons (Fsp3) is 0.500. The minimum atomic E-state index is -0.621. The van der Waals surface area contributed by atoms with E-state index in [2.05, 4.69) is 16.7 Å². The van der Waals surface area contributed by atoms with Gasteiger partial charge in [0.25, 0.3) is 0 Å². The third kappa shape index (κ3) is 6.22. The first-order valence-electron chi connectivity index (χ1n) is 11.3. The van der Waals surface area contributed by atoms with Crippen LogP contribution >= 0.6 is 11.6 Å². The van der Waals surface area contributed by atoms with Crippen molar-refractivity contribution in [3.8, 4) is 17.1 Å². The summed E-state index contributed by atoms with van der Waals surface area (Å²) >= 11 is 6.40. The first-order valence-corrected chi connectivity index (χ1v) is 11.7. The molecule has 4 rings (SSSR count). The number of nitrogens with zero attached hydrogens (tertiary/aromatic N) is 2. The molecule has 9 heteroatoms. The maximum Gasteiger partial charge on any atom is 0.162 e. The number of nitrogens with one attached hydrogen (secondary N) is 2. The second-order valence-corrected chi connectivity index (χ2v) is 8.76. The molecule has 2 aliphatic heterocycles. The summed E-state index contributed by atoms with van der Waals surface area (Å²) in [6.45, 7) is 5.31. The van der Waals surface area contributed by atoms with Crippen molar-refractivity contribution >= 4 is 23.0 Å². The van der Waals surface area contributed by atoms with Crippen molar-refractivity contribution in [3.63, 3.8) is 0 Å². The zero-order valence-corrected chi connectivity index (χ0v) is 19.8. The molecular weight excluding hydrogens is 444 g/mol. The van der Waals surface area contributed by atoms with Gasteiger partial charge in [-0.05, 0) is 50.6 Å². The van der Waals surface area contributed by atoms with E-state index in [0.717, 1.165) is 47.7 Å². The smallest absolute Gasteiger partial charge is 0.162 e. The van der Waals surface area contributed by atoms with Crippen LogP contribution in [0.25, 0.3) is 17.0 Å². The van der Waals surface area contributed by atoms with E-state index in [1.165, 1.54) is 0 Å². The van der Waals surface area contributed by atoms with E-state index in [4.69, 9.17) is 35.8 Å². The number of aliphatic hydroxyl groups is 1. The van der Waals surface area contributed by atoms with Gasteiger partial charge in [-0.1, -0.05) is 17.7 Å².